The zero-order valence-electron chi connectivity index (χ0n) is 11.7. The Kier molecular flexibility index (Phi) is 3.76. The van der Waals surface area contributed by atoms with Gasteiger partial charge in [-0.25, -0.2) is 0 Å². The average Bonchev–Trinajstić information content (AvgIpc) is 2.89. The first kappa shape index (κ1) is 13.6. The van der Waals surface area contributed by atoms with Crippen molar-refractivity contribution in [1.29, 1.82) is 0 Å². The Balaban J connectivity index is 1.49. The highest BCUT2D eigenvalue weighted by molar-refractivity contribution is 5.89. The van der Waals surface area contributed by atoms with Crippen molar-refractivity contribution in [3.8, 4) is 0 Å². The van der Waals surface area contributed by atoms with E-state index in [1.54, 1.807) is 13.0 Å². The SMILES string of the molecule is Cc1cc(NC(=O)CCN2C3CCC2CC(O)C3)no1. The summed E-state index contributed by atoms with van der Waals surface area (Å²) < 4.78 is 4.91. The van der Waals surface area contributed by atoms with Crippen molar-refractivity contribution in [3.05, 3.63) is 11.8 Å². The van der Waals surface area contributed by atoms with Gasteiger partial charge in [0, 0.05) is 31.1 Å². The molecule has 0 aliphatic carbocycles. The molecule has 2 unspecified atom stereocenters. The van der Waals surface area contributed by atoms with Gasteiger partial charge in [0.1, 0.15) is 5.76 Å². The highest BCUT2D eigenvalue weighted by Crippen LogP contribution is 2.35. The number of anilines is 1. The van der Waals surface area contributed by atoms with Gasteiger partial charge < -0.3 is 14.9 Å². The number of aliphatic hydroxyl groups is 1. The number of hydrogen-bond acceptors (Lipinski definition) is 5. The lowest BCUT2D eigenvalue weighted by Crippen LogP contribution is -2.45. The Bertz CT molecular complexity index is 474. The van der Waals surface area contributed by atoms with E-state index in [-0.39, 0.29) is 12.0 Å². The van der Waals surface area contributed by atoms with Crippen molar-refractivity contribution in [2.24, 2.45) is 0 Å². The van der Waals surface area contributed by atoms with Gasteiger partial charge in [-0.2, -0.15) is 0 Å². The third-order valence-corrected chi connectivity index (χ3v) is 4.35. The van der Waals surface area contributed by atoms with Gasteiger partial charge in [-0.05, 0) is 32.6 Å². The molecule has 0 radical (unpaired) electrons. The molecule has 0 saturated carbocycles. The summed E-state index contributed by atoms with van der Waals surface area (Å²) in [6.07, 6.45) is 4.28. The zero-order valence-corrected chi connectivity index (χ0v) is 11.7. The predicted molar refractivity (Wildman–Crippen MR) is 73.2 cm³/mol. The van der Waals surface area contributed by atoms with Crippen LogP contribution >= 0.6 is 0 Å². The highest BCUT2D eigenvalue weighted by atomic mass is 16.5. The number of nitrogens with zero attached hydrogens (tertiary/aromatic N) is 2. The number of carbonyl (C=O) groups is 1. The van der Waals surface area contributed by atoms with Crippen LogP contribution in [0.5, 0.6) is 0 Å². The zero-order chi connectivity index (χ0) is 14.1. The number of rotatable bonds is 4. The lowest BCUT2D eigenvalue weighted by Gasteiger charge is -2.36. The lowest BCUT2D eigenvalue weighted by molar-refractivity contribution is -0.116. The van der Waals surface area contributed by atoms with Gasteiger partial charge in [0.2, 0.25) is 5.91 Å². The van der Waals surface area contributed by atoms with Gasteiger partial charge in [-0.1, -0.05) is 5.16 Å². The summed E-state index contributed by atoms with van der Waals surface area (Å²) in [5, 5.41) is 16.2. The van der Waals surface area contributed by atoms with Crippen molar-refractivity contribution >= 4 is 11.7 Å². The minimum absolute atomic E-state index is 0.0381. The van der Waals surface area contributed by atoms with E-state index in [1.165, 1.54) is 0 Å². The number of amides is 1. The predicted octanol–water partition coefficient (Wildman–Crippen LogP) is 1.30. The van der Waals surface area contributed by atoms with E-state index in [1.807, 2.05) is 0 Å². The topological polar surface area (TPSA) is 78.6 Å². The maximum atomic E-state index is 11.9. The number of piperidine rings is 1. The molecule has 20 heavy (non-hydrogen) atoms. The molecule has 6 heteroatoms. The number of aromatic nitrogens is 1. The molecule has 2 aliphatic rings. The van der Waals surface area contributed by atoms with E-state index in [4.69, 9.17) is 4.52 Å². The fraction of sp³-hybridized carbons (Fsp3) is 0.714. The second kappa shape index (κ2) is 5.54. The summed E-state index contributed by atoms with van der Waals surface area (Å²) in [4.78, 5) is 14.3. The number of nitrogens with one attached hydrogen (secondary N) is 1. The van der Waals surface area contributed by atoms with Crippen LogP contribution in [0.15, 0.2) is 10.6 Å². The number of carbonyl (C=O) groups excluding carboxylic acids is 1. The third kappa shape index (κ3) is 2.86. The van der Waals surface area contributed by atoms with Crippen LogP contribution in [0.3, 0.4) is 0 Å². The molecule has 110 valence electrons. The molecule has 2 atom stereocenters. The molecule has 2 bridgehead atoms. The van der Waals surface area contributed by atoms with Crippen molar-refractivity contribution in [1.82, 2.24) is 10.1 Å². The van der Waals surface area contributed by atoms with Gasteiger partial charge in [-0.3, -0.25) is 9.69 Å². The summed E-state index contributed by atoms with van der Waals surface area (Å²) in [5.41, 5.74) is 0. The summed E-state index contributed by atoms with van der Waals surface area (Å²) in [6.45, 7) is 2.55. The van der Waals surface area contributed by atoms with E-state index in [9.17, 15) is 9.90 Å². The van der Waals surface area contributed by atoms with Gasteiger partial charge in [-0.15, -0.1) is 0 Å². The van der Waals surface area contributed by atoms with Crippen LogP contribution in [0.2, 0.25) is 0 Å². The van der Waals surface area contributed by atoms with E-state index in [2.05, 4.69) is 15.4 Å². The van der Waals surface area contributed by atoms with E-state index >= 15 is 0 Å². The van der Waals surface area contributed by atoms with Gasteiger partial charge >= 0.3 is 0 Å². The normalized spacial score (nSPS) is 29.6. The summed E-state index contributed by atoms with van der Waals surface area (Å²) in [5.74, 6) is 1.12. The van der Waals surface area contributed by atoms with Crippen LogP contribution in [0.1, 0.15) is 37.9 Å². The average molecular weight is 279 g/mol. The monoisotopic (exact) mass is 279 g/mol. The van der Waals surface area contributed by atoms with Crippen molar-refractivity contribution < 1.29 is 14.4 Å². The third-order valence-electron chi connectivity index (χ3n) is 4.35. The molecule has 1 aromatic heterocycles. The molecular formula is C14H21N3O3. The van der Waals surface area contributed by atoms with E-state index in [0.717, 1.165) is 32.2 Å². The smallest absolute Gasteiger partial charge is 0.226 e. The second-order valence-electron chi connectivity index (χ2n) is 5.87. The Morgan fingerprint density at radius 1 is 1.50 bits per heavy atom. The van der Waals surface area contributed by atoms with Crippen molar-refractivity contribution in [2.75, 3.05) is 11.9 Å². The van der Waals surface area contributed by atoms with Gasteiger partial charge in [0.05, 0.1) is 6.10 Å². The highest BCUT2D eigenvalue weighted by Gasteiger charge is 2.39. The standard InChI is InChI=1S/C14H21N3O3/c1-9-6-13(16-20-9)15-14(19)4-5-17-10-2-3-11(17)8-12(18)7-10/h6,10-12,18H,2-5,7-8H2,1H3,(H,15,16,19). The Labute approximate surface area is 118 Å². The van der Waals surface area contributed by atoms with Gasteiger partial charge in [0.25, 0.3) is 0 Å². The molecule has 0 aromatic carbocycles. The quantitative estimate of drug-likeness (QED) is 0.868. The maximum absolute atomic E-state index is 11.9. The second-order valence-corrected chi connectivity index (χ2v) is 5.87. The first-order valence-corrected chi connectivity index (χ1v) is 7.29. The molecule has 1 aromatic rings. The fourth-order valence-electron chi connectivity index (χ4n) is 3.47. The van der Waals surface area contributed by atoms with Crippen molar-refractivity contribution in [3.63, 3.8) is 0 Å². The number of hydrogen-bond donors (Lipinski definition) is 2. The number of aryl methyl sites for hydroxylation is 1. The molecular weight excluding hydrogens is 258 g/mol. The molecule has 2 N–H and O–H groups in total. The Hall–Kier alpha value is -1.40. The molecule has 2 saturated heterocycles. The summed E-state index contributed by atoms with van der Waals surface area (Å²) in [7, 11) is 0. The molecule has 0 spiro atoms. The molecule has 1 amide bonds. The molecule has 3 rings (SSSR count). The van der Waals surface area contributed by atoms with Crippen LogP contribution in [-0.2, 0) is 4.79 Å². The van der Waals surface area contributed by atoms with Crippen LogP contribution in [0.4, 0.5) is 5.82 Å². The number of aliphatic hydroxyl groups excluding tert-OH is 1. The lowest BCUT2D eigenvalue weighted by atomic mass is 10.00. The minimum Gasteiger partial charge on any atom is -0.393 e. The first-order chi connectivity index (χ1) is 9.61. The molecule has 3 heterocycles. The Morgan fingerprint density at radius 2 is 2.20 bits per heavy atom. The summed E-state index contributed by atoms with van der Waals surface area (Å²) >= 11 is 0. The Morgan fingerprint density at radius 3 is 2.80 bits per heavy atom. The van der Waals surface area contributed by atoms with E-state index < -0.39 is 0 Å². The maximum Gasteiger partial charge on any atom is 0.226 e. The van der Waals surface area contributed by atoms with Crippen LogP contribution in [0, 0.1) is 6.92 Å². The van der Waals surface area contributed by atoms with Gasteiger partial charge in [0.15, 0.2) is 5.82 Å². The van der Waals surface area contributed by atoms with Crippen LogP contribution < -0.4 is 5.32 Å². The summed E-state index contributed by atoms with van der Waals surface area (Å²) in [6, 6.07) is 2.61. The van der Waals surface area contributed by atoms with Crippen molar-refractivity contribution in [2.45, 2.75) is 57.2 Å². The molecule has 2 aliphatic heterocycles. The fourth-order valence-corrected chi connectivity index (χ4v) is 3.47. The molecule has 6 nitrogen and oxygen atoms in total. The number of fused-ring (bicyclic) bond motifs is 2. The first-order valence-electron chi connectivity index (χ1n) is 7.29. The largest absolute Gasteiger partial charge is 0.393 e. The van der Waals surface area contributed by atoms with Crippen LogP contribution in [-0.4, -0.2) is 45.8 Å². The molecule has 2 fully saturated rings. The van der Waals surface area contributed by atoms with E-state index in [0.29, 0.717) is 30.1 Å². The van der Waals surface area contributed by atoms with Crippen LogP contribution in [0.25, 0.3) is 0 Å². The minimum atomic E-state index is -0.157.